The van der Waals surface area contributed by atoms with Crippen LogP contribution in [0.3, 0.4) is 0 Å². The maximum absolute atomic E-state index is 14.5. The zero-order chi connectivity index (χ0) is 30.4. The lowest BCUT2D eigenvalue weighted by Crippen LogP contribution is -2.67. The SMILES string of the molecule is O=C1NC(=O)C2(C(=O)N1)C(c1ccc(Cl)cc1)/C(=C/c1ccccc1)c1noc(-c3ccccc3)c1C2c1ccc(Cl)cc1. The Morgan fingerprint density at radius 1 is 0.682 bits per heavy atom. The first-order valence-corrected chi connectivity index (χ1v) is 14.6. The summed E-state index contributed by atoms with van der Waals surface area (Å²) < 4.78 is 6.11. The number of urea groups is 1. The molecule has 0 bridgehead atoms. The van der Waals surface area contributed by atoms with Gasteiger partial charge in [0.1, 0.15) is 5.69 Å². The van der Waals surface area contributed by atoms with Gasteiger partial charge in [-0.15, -0.1) is 0 Å². The Balaban J connectivity index is 1.65. The molecule has 2 atom stereocenters. The topological polar surface area (TPSA) is 101 Å². The maximum atomic E-state index is 14.5. The normalized spacial score (nSPS) is 19.9. The van der Waals surface area contributed by atoms with E-state index in [1.165, 1.54) is 0 Å². The molecule has 7 nitrogen and oxygen atoms in total. The fourth-order valence-corrected chi connectivity index (χ4v) is 6.73. The third kappa shape index (κ3) is 4.44. The summed E-state index contributed by atoms with van der Waals surface area (Å²) in [5.74, 6) is -2.94. The number of imide groups is 2. The lowest BCUT2D eigenvalue weighted by Gasteiger charge is -2.49. The Morgan fingerprint density at radius 3 is 1.77 bits per heavy atom. The number of aromatic nitrogens is 1. The highest BCUT2D eigenvalue weighted by molar-refractivity contribution is 6.31. The fraction of sp³-hybridized carbons (Fsp3) is 0.0857. The van der Waals surface area contributed by atoms with E-state index < -0.39 is 35.1 Å². The number of benzene rings is 4. The highest BCUT2D eigenvalue weighted by Crippen LogP contribution is 2.63. The van der Waals surface area contributed by atoms with Gasteiger partial charge in [0.05, 0.1) is 0 Å². The van der Waals surface area contributed by atoms with Crippen LogP contribution in [0.25, 0.3) is 23.0 Å². The van der Waals surface area contributed by atoms with Gasteiger partial charge in [0.2, 0.25) is 11.8 Å². The first-order chi connectivity index (χ1) is 21.4. The van der Waals surface area contributed by atoms with Gasteiger partial charge in [0, 0.05) is 33.0 Å². The molecule has 0 saturated carbocycles. The summed E-state index contributed by atoms with van der Waals surface area (Å²) >= 11 is 12.6. The van der Waals surface area contributed by atoms with E-state index in [2.05, 4.69) is 15.8 Å². The van der Waals surface area contributed by atoms with E-state index in [9.17, 15) is 14.4 Å². The first kappa shape index (κ1) is 27.8. The molecule has 4 amide bonds. The summed E-state index contributed by atoms with van der Waals surface area (Å²) in [6.45, 7) is 0. The van der Waals surface area contributed by atoms with Gasteiger partial charge in [0.15, 0.2) is 11.2 Å². The van der Waals surface area contributed by atoms with Gasteiger partial charge in [0.25, 0.3) is 0 Å². The van der Waals surface area contributed by atoms with Crippen molar-refractivity contribution in [3.8, 4) is 11.3 Å². The Morgan fingerprint density at radius 2 is 1.20 bits per heavy atom. The lowest BCUT2D eigenvalue weighted by atomic mass is 9.52. The Labute approximate surface area is 262 Å². The number of nitrogens with zero attached hydrogens (tertiary/aromatic N) is 1. The van der Waals surface area contributed by atoms with Gasteiger partial charge in [-0.2, -0.15) is 0 Å². The molecule has 1 aliphatic heterocycles. The molecule has 7 rings (SSSR count). The monoisotopic (exact) mass is 619 g/mol. The molecule has 2 N–H and O–H groups in total. The molecule has 216 valence electrons. The van der Waals surface area contributed by atoms with Crippen LogP contribution in [-0.4, -0.2) is 23.0 Å². The standard InChI is InChI=1S/C35H23Cl2N3O4/c36-24-15-11-21(12-16-24)28-26(19-20-7-3-1-4-8-20)30-27(31(44-40-30)23-9-5-2-6-10-23)29(22-13-17-25(37)18-14-22)35(28)32(41)38-34(43)39-33(35)42/h1-19,28-29H,(H2,38,39,41,42,43)/b26-19-. The number of halogens is 2. The molecule has 2 heterocycles. The largest absolute Gasteiger partial charge is 0.355 e. The summed E-state index contributed by atoms with van der Waals surface area (Å²) in [6, 6.07) is 32.0. The van der Waals surface area contributed by atoms with Crippen molar-refractivity contribution in [2.24, 2.45) is 5.41 Å². The quantitative estimate of drug-likeness (QED) is 0.203. The van der Waals surface area contributed by atoms with Gasteiger partial charge in [-0.3, -0.25) is 20.2 Å². The molecule has 9 heteroatoms. The number of carbonyl (C=O) groups excluding carboxylic acids is 3. The van der Waals surface area contributed by atoms with Gasteiger partial charge in [-0.25, -0.2) is 4.79 Å². The summed E-state index contributed by atoms with van der Waals surface area (Å²) in [7, 11) is 0. The zero-order valence-electron chi connectivity index (χ0n) is 23.0. The van der Waals surface area contributed by atoms with E-state index in [4.69, 9.17) is 27.7 Å². The smallest absolute Gasteiger partial charge is 0.328 e. The average molecular weight is 620 g/mol. The summed E-state index contributed by atoms with van der Waals surface area (Å²) in [5.41, 5.74) is 2.50. The Hall–Kier alpha value is -4.98. The third-order valence-corrected chi connectivity index (χ3v) is 8.79. The molecular weight excluding hydrogens is 597 g/mol. The summed E-state index contributed by atoms with van der Waals surface area (Å²) in [5, 5.41) is 10.4. The van der Waals surface area contributed by atoms with Crippen LogP contribution in [0.2, 0.25) is 10.0 Å². The van der Waals surface area contributed by atoms with Crippen LogP contribution in [0.4, 0.5) is 4.79 Å². The molecule has 2 unspecified atom stereocenters. The average Bonchev–Trinajstić information content (AvgIpc) is 3.47. The van der Waals surface area contributed by atoms with Gasteiger partial charge >= 0.3 is 6.03 Å². The van der Waals surface area contributed by atoms with Crippen molar-refractivity contribution in [2.75, 3.05) is 0 Å². The third-order valence-electron chi connectivity index (χ3n) is 8.28. The van der Waals surface area contributed by atoms with E-state index in [-0.39, 0.29) is 0 Å². The zero-order valence-corrected chi connectivity index (χ0v) is 24.5. The van der Waals surface area contributed by atoms with E-state index in [1.54, 1.807) is 48.5 Å². The van der Waals surface area contributed by atoms with Crippen molar-refractivity contribution in [1.29, 1.82) is 0 Å². The number of fused-ring (bicyclic) bond motifs is 1. The van der Waals surface area contributed by atoms with Crippen molar-refractivity contribution < 1.29 is 18.9 Å². The molecule has 1 fully saturated rings. The number of nitrogens with one attached hydrogen (secondary N) is 2. The van der Waals surface area contributed by atoms with Crippen LogP contribution in [0.1, 0.15) is 39.8 Å². The van der Waals surface area contributed by atoms with Crippen LogP contribution >= 0.6 is 23.2 Å². The van der Waals surface area contributed by atoms with Crippen LogP contribution in [-0.2, 0) is 9.59 Å². The van der Waals surface area contributed by atoms with Crippen molar-refractivity contribution >= 4 is 52.7 Å². The van der Waals surface area contributed by atoms with E-state index in [0.717, 1.165) is 5.56 Å². The number of hydrogen-bond donors (Lipinski definition) is 2. The highest BCUT2D eigenvalue weighted by atomic mass is 35.5. The minimum atomic E-state index is -1.90. The molecule has 0 radical (unpaired) electrons. The maximum Gasteiger partial charge on any atom is 0.328 e. The van der Waals surface area contributed by atoms with Crippen LogP contribution < -0.4 is 10.6 Å². The van der Waals surface area contributed by atoms with Crippen LogP contribution in [0, 0.1) is 5.41 Å². The second kappa shape index (κ2) is 10.9. The van der Waals surface area contributed by atoms with Crippen molar-refractivity contribution in [1.82, 2.24) is 15.8 Å². The molecular formula is C35H23Cl2N3O4. The second-order valence-electron chi connectivity index (χ2n) is 10.7. The number of carbonyl (C=O) groups is 3. The Kier molecular flexibility index (Phi) is 6.92. The molecule has 44 heavy (non-hydrogen) atoms. The molecule has 5 aromatic rings. The number of rotatable bonds is 4. The van der Waals surface area contributed by atoms with Crippen molar-refractivity contribution in [3.63, 3.8) is 0 Å². The van der Waals surface area contributed by atoms with E-state index in [0.29, 0.717) is 49.3 Å². The minimum absolute atomic E-state index is 0.408. The molecule has 1 aromatic heterocycles. The van der Waals surface area contributed by atoms with Crippen molar-refractivity contribution in [3.05, 3.63) is 147 Å². The van der Waals surface area contributed by atoms with Gasteiger partial charge in [-0.05, 0) is 52.6 Å². The van der Waals surface area contributed by atoms with E-state index >= 15 is 0 Å². The molecule has 1 aliphatic carbocycles. The first-order valence-electron chi connectivity index (χ1n) is 13.9. The fourth-order valence-electron chi connectivity index (χ4n) is 6.48. The predicted molar refractivity (Wildman–Crippen MR) is 168 cm³/mol. The van der Waals surface area contributed by atoms with Crippen LogP contribution in [0.15, 0.2) is 114 Å². The number of allylic oxidation sites excluding steroid dienone is 1. The predicted octanol–water partition coefficient (Wildman–Crippen LogP) is 7.47. The van der Waals surface area contributed by atoms with Gasteiger partial charge < -0.3 is 4.52 Å². The van der Waals surface area contributed by atoms with E-state index in [1.807, 2.05) is 66.7 Å². The molecule has 1 spiro atoms. The second-order valence-corrected chi connectivity index (χ2v) is 11.6. The Bertz CT molecular complexity index is 1920. The molecule has 4 aromatic carbocycles. The van der Waals surface area contributed by atoms with Crippen molar-refractivity contribution in [2.45, 2.75) is 11.8 Å². The lowest BCUT2D eigenvalue weighted by molar-refractivity contribution is -0.146. The minimum Gasteiger partial charge on any atom is -0.355 e. The summed E-state index contributed by atoms with van der Waals surface area (Å²) in [4.78, 5) is 41.7. The van der Waals surface area contributed by atoms with Gasteiger partial charge in [-0.1, -0.05) is 113 Å². The molecule has 1 saturated heterocycles. The molecule has 2 aliphatic rings. The van der Waals surface area contributed by atoms with Crippen LogP contribution in [0.5, 0.6) is 0 Å². The number of hydrogen-bond acceptors (Lipinski definition) is 5. The summed E-state index contributed by atoms with van der Waals surface area (Å²) in [6.07, 6.45) is 1.91. The number of amides is 4. The highest BCUT2D eigenvalue weighted by Gasteiger charge is 2.66. The number of barbiturate groups is 1.